The van der Waals surface area contributed by atoms with Gasteiger partial charge in [0, 0.05) is 16.2 Å². The molecule has 0 saturated heterocycles. The van der Waals surface area contributed by atoms with Crippen molar-refractivity contribution >= 4 is 19.7 Å². The number of aryl methyl sites for hydroxylation is 1. The van der Waals surface area contributed by atoms with E-state index < -0.39 is 15.9 Å². The normalized spacial score (nSPS) is 11.6. The third-order valence-corrected chi connectivity index (χ3v) is 5.67. The number of alkyl halides is 1. The summed E-state index contributed by atoms with van der Waals surface area (Å²) in [6.07, 6.45) is 0. The van der Waals surface area contributed by atoms with Gasteiger partial charge in [-0.25, -0.2) is 22.5 Å². The molecule has 12 heteroatoms. The van der Waals surface area contributed by atoms with E-state index in [2.05, 4.69) is 20.2 Å². The standard InChI is InChI=1S/C19H15ClFN5O4S/c1-12-22-18(24-26(12)10-13-3-2-4-16(9-13)31(20,27)28)19-23-17(25-30-19)14-5-7-15(8-6-14)29-11-21/h2-9H,10-11H2,1H3. The molecule has 31 heavy (non-hydrogen) atoms. The number of hydrogen-bond donors (Lipinski definition) is 0. The predicted molar refractivity (Wildman–Crippen MR) is 109 cm³/mol. The van der Waals surface area contributed by atoms with Crippen LogP contribution in [0, 0.1) is 6.92 Å². The van der Waals surface area contributed by atoms with Crippen LogP contribution in [0.4, 0.5) is 4.39 Å². The van der Waals surface area contributed by atoms with E-state index in [1.807, 2.05) is 0 Å². The first-order valence-corrected chi connectivity index (χ1v) is 11.2. The Morgan fingerprint density at radius 2 is 1.90 bits per heavy atom. The van der Waals surface area contributed by atoms with Crippen LogP contribution in [0.3, 0.4) is 0 Å². The first kappa shape index (κ1) is 20.9. The molecular weight excluding hydrogens is 449 g/mol. The second-order valence-electron chi connectivity index (χ2n) is 6.43. The molecule has 0 bridgehead atoms. The average molecular weight is 464 g/mol. The van der Waals surface area contributed by atoms with Crippen LogP contribution in [0.1, 0.15) is 11.4 Å². The molecule has 0 atom stereocenters. The first-order chi connectivity index (χ1) is 14.8. The van der Waals surface area contributed by atoms with E-state index in [1.54, 1.807) is 48.0 Å². The van der Waals surface area contributed by atoms with Gasteiger partial charge in [0.05, 0.1) is 11.4 Å². The minimum absolute atomic E-state index is 0.00846. The van der Waals surface area contributed by atoms with Gasteiger partial charge in [0.25, 0.3) is 14.9 Å². The van der Waals surface area contributed by atoms with E-state index in [0.29, 0.717) is 28.5 Å². The minimum atomic E-state index is -3.83. The highest BCUT2D eigenvalue weighted by atomic mass is 35.7. The molecule has 0 saturated carbocycles. The van der Waals surface area contributed by atoms with Crippen LogP contribution in [0.25, 0.3) is 23.1 Å². The number of hydrogen-bond acceptors (Lipinski definition) is 8. The fraction of sp³-hybridized carbons (Fsp3) is 0.158. The Kier molecular flexibility index (Phi) is 5.70. The summed E-state index contributed by atoms with van der Waals surface area (Å²) in [5.74, 6) is 1.63. The first-order valence-electron chi connectivity index (χ1n) is 8.92. The lowest BCUT2D eigenvalue weighted by molar-refractivity contribution is 0.192. The second-order valence-corrected chi connectivity index (χ2v) is 8.99. The van der Waals surface area contributed by atoms with Crippen LogP contribution in [0.15, 0.2) is 57.9 Å². The Labute approximate surface area is 180 Å². The van der Waals surface area contributed by atoms with Crippen molar-refractivity contribution in [1.29, 1.82) is 0 Å². The number of benzene rings is 2. The number of rotatable bonds is 7. The van der Waals surface area contributed by atoms with Crippen molar-refractivity contribution in [3.05, 3.63) is 59.9 Å². The summed E-state index contributed by atoms with van der Waals surface area (Å²) in [4.78, 5) is 8.66. The van der Waals surface area contributed by atoms with Crippen LogP contribution in [0.5, 0.6) is 5.75 Å². The van der Waals surface area contributed by atoms with Crippen molar-refractivity contribution in [2.45, 2.75) is 18.4 Å². The van der Waals surface area contributed by atoms with Gasteiger partial charge in [0.15, 0.2) is 0 Å². The highest BCUT2D eigenvalue weighted by molar-refractivity contribution is 8.13. The molecule has 9 nitrogen and oxygen atoms in total. The monoisotopic (exact) mass is 463 g/mol. The van der Waals surface area contributed by atoms with E-state index in [4.69, 9.17) is 19.9 Å². The van der Waals surface area contributed by atoms with Crippen LogP contribution in [-0.2, 0) is 15.6 Å². The molecule has 160 valence electrons. The van der Waals surface area contributed by atoms with E-state index in [1.165, 1.54) is 12.1 Å². The third kappa shape index (κ3) is 4.72. The summed E-state index contributed by atoms with van der Waals surface area (Å²) in [6.45, 7) is 1.11. The predicted octanol–water partition coefficient (Wildman–Crippen LogP) is 3.59. The highest BCUT2D eigenvalue weighted by Crippen LogP contribution is 2.23. The topological polar surface area (TPSA) is 113 Å². The van der Waals surface area contributed by atoms with Crippen molar-refractivity contribution in [2.75, 3.05) is 6.86 Å². The summed E-state index contributed by atoms with van der Waals surface area (Å²) in [5, 5.41) is 8.31. The highest BCUT2D eigenvalue weighted by Gasteiger charge is 2.17. The third-order valence-electron chi connectivity index (χ3n) is 4.32. The second kappa shape index (κ2) is 8.44. The number of ether oxygens (including phenoxy) is 1. The van der Waals surface area contributed by atoms with Gasteiger partial charge in [0.2, 0.25) is 18.5 Å². The zero-order valence-corrected chi connectivity index (χ0v) is 17.6. The maximum Gasteiger partial charge on any atom is 0.297 e. The van der Waals surface area contributed by atoms with Crippen molar-refractivity contribution < 1.29 is 22.1 Å². The summed E-state index contributed by atoms with van der Waals surface area (Å²) in [7, 11) is 1.58. The summed E-state index contributed by atoms with van der Waals surface area (Å²) in [6, 6.07) is 12.8. The Bertz CT molecular complexity index is 1320. The molecule has 4 aromatic rings. The molecule has 0 aliphatic carbocycles. The van der Waals surface area contributed by atoms with Crippen molar-refractivity contribution in [3.63, 3.8) is 0 Å². The van der Waals surface area contributed by atoms with E-state index in [0.717, 1.165) is 0 Å². The lowest BCUT2D eigenvalue weighted by Crippen LogP contribution is -2.05. The molecule has 0 fully saturated rings. The molecule has 0 spiro atoms. The minimum Gasteiger partial charge on any atom is -0.463 e. The van der Waals surface area contributed by atoms with Gasteiger partial charge in [0.1, 0.15) is 11.6 Å². The molecule has 2 aromatic carbocycles. The fourth-order valence-electron chi connectivity index (χ4n) is 2.82. The van der Waals surface area contributed by atoms with Crippen LogP contribution < -0.4 is 4.74 Å². The lowest BCUT2D eigenvalue weighted by Gasteiger charge is -2.04. The summed E-state index contributed by atoms with van der Waals surface area (Å²) >= 11 is 0. The van der Waals surface area contributed by atoms with Crippen molar-refractivity contribution in [3.8, 4) is 28.9 Å². The fourth-order valence-corrected chi connectivity index (χ4v) is 3.64. The molecule has 0 aliphatic heterocycles. The van der Waals surface area contributed by atoms with Gasteiger partial charge in [-0.05, 0) is 48.9 Å². The van der Waals surface area contributed by atoms with Crippen LogP contribution in [0.2, 0.25) is 0 Å². The van der Waals surface area contributed by atoms with E-state index in [9.17, 15) is 12.8 Å². The number of nitrogens with zero attached hydrogens (tertiary/aromatic N) is 5. The van der Waals surface area contributed by atoms with Gasteiger partial charge in [-0.15, -0.1) is 5.10 Å². The molecule has 0 N–H and O–H groups in total. The number of halogens is 2. The summed E-state index contributed by atoms with van der Waals surface area (Å²) < 4.78 is 46.9. The smallest absolute Gasteiger partial charge is 0.297 e. The van der Waals surface area contributed by atoms with Gasteiger partial charge >= 0.3 is 0 Å². The molecule has 4 rings (SSSR count). The summed E-state index contributed by atoms with van der Waals surface area (Å²) in [5.41, 5.74) is 1.33. The van der Waals surface area contributed by atoms with Crippen LogP contribution in [-0.4, -0.2) is 40.2 Å². The molecular formula is C19H15ClFN5O4S. The average Bonchev–Trinajstić information content (AvgIpc) is 3.36. The quantitative estimate of drug-likeness (QED) is 0.382. The molecule has 0 amide bonds. The number of aromatic nitrogens is 5. The van der Waals surface area contributed by atoms with Gasteiger partial charge in [-0.3, -0.25) is 0 Å². The zero-order valence-electron chi connectivity index (χ0n) is 16.1. The van der Waals surface area contributed by atoms with Crippen LogP contribution >= 0.6 is 10.7 Å². The van der Waals surface area contributed by atoms with E-state index in [-0.39, 0.29) is 23.2 Å². The molecule has 2 heterocycles. The Hall–Kier alpha value is -3.31. The lowest BCUT2D eigenvalue weighted by atomic mass is 10.2. The zero-order chi connectivity index (χ0) is 22.0. The van der Waals surface area contributed by atoms with E-state index >= 15 is 0 Å². The van der Waals surface area contributed by atoms with Gasteiger partial charge in [-0.1, -0.05) is 17.3 Å². The maximum absolute atomic E-state index is 12.2. The molecule has 0 radical (unpaired) electrons. The Morgan fingerprint density at radius 3 is 2.61 bits per heavy atom. The van der Waals surface area contributed by atoms with Gasteiger partial charge in [-0.2, -0.15) is 4.98 Å². The Balaban J connectivity index is 1.56. The van der Waals surface area contributed by atoms with Crippen molar-refractivity contribution in [2.24, 2.45) is 0 Å². The Morgan fingerprint density at radius 1 is 1.13 bits per heavy atom. The largest absolute Gasteiger partial charge is 0.463 e. The molecule has 2 aromatic heterocycles. The maximum atomic E-state index is 12.2. The van der Waals surface area contributed by atoms with Gasteiger partial charge < -0.3 is 9.26 Å². The van der Waals surface area contributed by atoms with Crippen molar-refractivity contribution in [1.82, 2.24) is 24.9 Å². The SMILES string of the molecule is Cc1nc(-c2nc(-c3ccc(OCF)cc3)no2)nn1Cc1cccc(S(=O)(=O)Cl)c1. The molecule has 0 unspecified atom stereocenters. The molecule has 0 aliphatic rings.